The van der Waals surface area contributed by atoms with Crippen LogP contribution in [0.3, 0.4) is 0 Å². The summed E-state index contributed by atoms with van der Waals surface area (Å²) in [7, 11) is -9.25. The molecule has 2 radical (unpaired) electrons. The largest absolute Gasteiger partial charge is 0.399 e. The van der Waals surface area contributed by atoms with E-state index in [1.807, 2.05) is 0 Å². The van der Waals surface area contributed by atoms with Crippen molar-refractivity contribution in [1.82, 2.24) is 0 Å². The van der Waals surface area contributed by atoms with E-state index in [9.17, 15) is 16.8 Å². The number of hydrogen-bond donors (Lipinski definition) is 3. The molecule has 21 heavy (non-hydrogen) atoms. The van der Waals surface area contributed by atoms with E-state index in [0.29, 0.717) is 6.07 Å². The fourth-order valence-electron chi connectivity index (χ4n) is 1.69. The van der Waals surface area contributed by atoms with Gasteiger partial charge in [-0.15, -0.1) is 0 Å². The van der Waals surface area contributed by atoms with Crippen LogP contribution < -0.4 is 5.73 Å². The van der Waals surface area contributed by atoms with Gasteiger partial charge in [-0.2, -0.15) is 16.8 Å². The number of nitrogens with two attached hydrogens (primary N) is 1. The van der Waals surface area contributed by atoms with E-state index >= 15 is 0 Å². The number of fused-ring (bicyclic) bond motifs is 1. The molecule has 0 bridgehead atoms. The second-order valence-corrected chi connectivity index (χ2v) is 6.66. The molecule has 0 aliphatic carbocycles. The number of benzene rings is 2. The number of nitrogen functional groups attached to an aromatic ring is 1. The molecule has 0 heterocycles. The van der Waals surface area contributed by atoms with Crippen molar-refractivity contribution in [2.45, 2.75) is 9.79 Å². The van der Waals surface area contributed by atoms with Crippen LogP contribution in [-0.4, -0.2) is 85.1 Å². The van der Waals surface area contributed by atoms with Crippen molar-refractivity contribution < 1.29 is 25.9 Å². The second kappa shape index (κ2) is 7.26. The van der Waals surface area contributed by atoms with E-state index < -0.39 is 30.0 Å². The first kappa shape index (κ1) is 21.3. The van der Waals surface area contributed by atoms with Crippen LogP contribution in [0.4, 0.5) is 5.69 Å². The van der Waals surface area contributed by atoms with Crippen molar-refractivity contribution in [2.75, 3.05) is 5.73 Å². The van der Waals surface area contributed by atoms with Gasteiger partial charge in [-0.3, -0.25) is 9.11 Å². The minimum Gasteiger partial charge on any atom is -0.399 e. The molecule has 2 aromatic rings. The molecule has 2 aromatic carbocycles. The Balaban J connectivity index is 0.00000200. The third-order valence-corrected chi connectivity index (χ3v) is 4.21. The van der Waals surface area contributed by atoms with E-state index in [4.69, 9.17) is 14.8 Å². The Morgan fingerprint density at radius 2 is 1.43 bits per heavy atom. The van der Waals surface area contributed by atoms with Crippen molar-refractivity contribution in [3.63, 3.8) is 0 Å². The molecule has 0 aromatic heterocycles. The maximum atomic E-state index is 11.3. The van der Waals surface area contributed by atoms with Gasteiger partial charge in [0.15, 0.2) is 0 Å². The van der Waals surface area contributed by atoms with Gasteiger partial charge in [-0.05, 0) is 29.7 Å². The van der Waals surface area contributed by atoms with Gasteiger partial charge in [0.1, 0.15) is 4.90 Å². The van der Waals surface area contributed by atoms with Crippen LogP contribution in [0.5, 0.6) is 0 Å². The Labute approximate surface area is 166 Å². The molecule has 0 unspecified atom stereocenters. The minimum atomic E-state index is -4.64. The predicted molar refractivity (Wildman–Crippen MR) is 79.5 cm³/mol. The minimum absolute atomic E-state index is 0. The molecule has 0 fully saturated rings. The van der Waals surface area contributed by atoms with E-state index in [-0.39, 0.29) is 75.6 Å². The fourth-order valence-corrected chi connectivity index (χ4v) is 3.05. The standard InChI is InChI=1S/C10H9NO6S2.2Na/c11-7-1-2-9-6(3-7)4-8(18(12,13)14)5-10(9)19(15,16)17;;/h1-5H,11H2,(H,12,13,14)(H,15,16,17);;. The molecule has 0 saturated carbocycles. The zero-order chi connectivity index (χ0) is 14.4. The molecule has 104 valence electrons. The topological polar surface area (TPSA) is 135 Å². The van der Waals surface area contributed by atoms with E-state index in [1.54, 1.807) is 0 Å². The molecule has 11 heteroatoms. The van der Waals surface area contributed by atoms with Crippen molar-refractivity contribution in [1.29, 1.82) is 0 Å². The molecule has 2 rings (SSSR count). The first-order valence-electron chi connectivity index (χ1n) is 4.87. The van der Waals surface area contributed by atoms with Crippen molar-refractivity contribution in [3.05, 3.63) is 30.3 Å². The van der Waals surface area contributed by atoms with Gasteiger partial charge in [0.2, 0.25) is 0 Å². The molecule has 7 nitrogen and oxygen atoms in total. The summed E-state index contributed by atoms with van der Waals surface area (Å²) in [6, 6.07) is 5.82. The van der Waals surface area contributed by atoms with Gasteiger partial charge >= 0.3 is 0 Å². The quantitative estimate of drug-likeness (QED) is 0.399. The van der Waals surface area contributed by atoms with Crippen LogP contribution >= 0.6 is 0 Å². The molecular weight excluding hydrogens is 340 g/mol. The Morgan fingerprint density at radius 3 is 1.90 bits per heavy atom. The van der Waals surface area contributed by atoms with Gasteiger partial charge in [0.25, 0.3) is 20.2 Å². The third kappa shape index (κ3) is 4.90. The van der Waals surface area contributed by atoms with E-state index in [0.717, 1.165) is 6.07 Å². The molecule has 4 N–H and O–H groups in total. The van der Waals surface area contributed by atoms with Crippen LogP contribution in [0.2, 0.25) is 0 Å². The first-order chi connectivity index (χ1) is 8.59. The van der Waals surface area contributed by atoms with Gasteiger partial charge in [0, 0.05) is 70.2 Å². The Hall–Kier alpha value is 0.320. The SMILES string of the molecule is Nc1ccc2c(S(=O)(=O)O)cc(S(=O)(=O)O)cc2c1.[Na].[Na]. The summed E-state index contributed by atoms with van der Waals surface area (Å²) in [5.41, 5.74) is 5.80. The molecular formula is C10H9NNa2O6S2. The summed E-state index contributed by atoms with van der Waals surface area (Å²) in [5.74, 6) is 0. The number of hydrogen-bond acceptors (Lipinski definition) is 5. The van der Waals surface area contributed by atoms with Gasteiger partial charge in [-0.1, -0.05) is 6.07 Å². The molecule has 0 saturated heterocycles. The zero-order valence-electron chi connectivity index (χ0n) is 11.3. The average molecular weight is 349 g/mol. The van der Waals surface area contributed by atoms with Crippen LogP contribution in [0, 0.1) is 0 Å². The molecule has 0 aliphatic rings. The van der Waals surface area contributed by atoms with Crippen LogP contribution in [-0.2, 0) is 20.2 Å². The molecule has 0 atom stereocenters. The Bertz CT molecular complexity index is 880. The smallest absolute Gasteiger partial charge is 0.295 e. The molecule has 0 spiro atoms. The Kier molecular flexibility index (Phi) is 7.37. The summed E-state index contributed by atoms with van der Waals surface area (Å²) in [4.78, 5) is -1.25. The normalized spacial score (nSPS) is 11.5. The van der Waals surface area contributed by atoms with Crippen LogP contribution in [0.25, 0.3) is 10.8 Å². The molecule has 0 aliphatic heterocycles. The van der Waals surface area contributed by atoms with E-state index in [2.05, 4.69) is 0 Å². The van der Waals surface area contributed by atoms with Crippen molar-refractivity contribution in [3.8, 4) is 0 Å². The maximum absolute atomic E-state index is 11.3. The van der Waals surface area contributed by atoms with Crippen molar-refractivity contribution in [2.24, 2.45) is 0 Å². The fraction of sp³-hybridized carbons (Fsp3) is 0. The maximum Gasteiger partial charge on any atom is 0.295 e. The van der Waals surface area contributed by atoms with E-state index in [1.165, 1.54) is 18.2 Å². The second-order valence-electron chi connectivity index (χ2n) is 3.85. The summed E-state index contributed by atoms with van der Waals surface area (Å²) in [5, 5.41) is 0.270. The summed E-state index contributed by atoms with van der Waals surface area (Å²) in [6.07, 6.45) is 0. The van der Waals surface area contributed by atoms with Crippen LogP contribution in [0.15, 0.2) is 40.1 Å². The monoisotopic (exact) mass is 349 g/mol. The van der Waals surface area contributed by atoms with Gasteiger partial charge in [0.05, 0.1) is 4.90 Å². The summed E-state index contributed by atoms with van der Waals surface area (Å²) < 4.78 is 62.8. The first-order valence-corrected chi connectivity index (χ1v) is 7.75. The van der Waals surface area contributed by atoms with Gasteiger partial charge in [-0.25, -0.2) is 0 Å². The Morgan fingerprint density at radius 1 is 0.857 bits per heavy atom. The molecule has 0 amide bonds. The summed E-state index contributed by atoms with van der Waals surface area (Å²) in [6.45, 7) is 0. The number of rotatable bonds is 2. The zero-order valence-corrected chi connectivity index (χ0v) is 16.9. The van der Waals surface area contributed by atoms with Gasteiger partial charge < -0.3 is 5.73 Å². The summed E-state index contributed by atoms with van der Waals surface area (Å²) >= 11 is 0. The third-order valence-electron chi connectivity index (χ3n) is 2.49. The van der Waals surface area contributed by atoms with Crippen LogP contribution in [0.1, 0.15) is 0 Å². The van der Waals surface area contributed by atoms with Crippen molar-refractivity contribution >= 4 is 95.8 Å². The predicted octanol–water partition coefficient (Wildman–Crippen LogP) is 0.154. The average Bonchev–Trinajstić information content (AvgIpc) is 2.24. The number of anilines is 1.